The van der Waals surface area contributed by atoms with E-state index in [2.05, 4.69) is 29.8 Å². The van der Waals surface area contributed by atoms with Crippen LogP contribution in [0.15, 0.2) is 4.47 Å². The van der Waals surface area contributed by atoms with E-state index < -0.39 is 0 Å². The Bertz CT molecular complexity index is 292. The Balaban J connectivity index is 3.06. The second kappa shape index (κ2) is 4.55. The van der Waals surface area contributed by atoms with E-state index in [0.717, 1.165) is 9.35 Å². The Labute approximate surface area is 91.0 Å². The molecule has 0 saturated carbocycles. The summed E-state index contributed by atoms with van der Waals surface area (Å²) >= 11 is 5.23. The molecule has 0 fully saturated rings. The van der Waals surface area contributed by atoms with Gasteiger partial charge in [-0.3, -0.25) is 0 Å². The Morgan fingerprint density at radius 3 is 2.08 bits per heavy atom. The van der Waals surface area contributed by atoms with Gasteiger partial charge in [0.2, 0.25) is 0 Å². The van der Waals surface area contributed by atoms with E-state index in [9.17, 15) is 0 Å². The van der Waals surface area contributed by atoms with Gasteiger partial charge in [0.15, 0.2) is 6.29 Å². The zero-order chi connectivity index (χ0) is 10.0. The zero-order valence-electron chi connectivity index (χ0n) is 8.18. The van der Waals surface area contributed by atoms with Gasteiger partial charge in [-0.1, -0.05) is 0 Å². The van der Waals surface area contributed by atoms with Crippen molar-refractivity contribution in [3.63, 3.8) is 0 Å². The molecule has 0 aliphatic carbocycles. The molecule has 0 radical (unpaired) electrons. The van der Waals surface area contributed by atoms with Crippen molar-refractivity contribution in [3.05, 3.63) is 19.8 Å². The molecule has 13 heavy (non-hydrogen) atoms. The summed E-state index contributed by atoms with van der Waals surface area (Å²) in [7, 11) is 3.30. The fourth-order valence-corrected chi connectivity index (χ4v) is 2.90. The largest absolute Gasteiger partial charge is 0.351 e. The van der Waals surface area contributed by atoms with Crippen LogP contribution in [0.4, 0.5) is 0 Å². The van der Waals surface area contributed by atoms with Crippen LogP contribution >= 0.6 is 27.3 Å². The molecular weight excluding hydrogens is 252 g/mol. The molecule has 0 amide bonds. The van der Waals surface area contributed by atoms with Gasteiger partial charge in [0, 0.05) is 23.6 Å². The quantitative estimate of drug-likeness (QED) is 0.779. The predicted octanol–water partition coefficient (Wildman–Crippen LogP) is 3.42. The van der Waals surface area contributed by atoms with Crippen LogP contribution in [0.25, 0.3) is 0 Å². The lowest BCUT2D eigenvalue weighted by Gasteiger charge is -2.12. The summed E-state index contributed by atoms with van der Waals surface area (Å²) in [6, 6.07) is 0. The summed E-state index contributed by atoms with van der Waals surface area (Å²) in [5, 5.41) is 0. The van der Waals surface area contributed by atoms with Crippen molar-refractivity contribution < 1.29 is 9.47 Å². The number of ether oxygens (including phenoxy) is 2. The number of methoxy groups -OCH3 is 2. The standard InChI is InChI=1S/C9H13BrO2S/c1-5-7(10)6(2)13-8(5)9(11-3)12-4/h9H,1-4H3. The van der Waals surface area contributed by atoms with Crippen molar-refractivity contribution in [1.29, 1.82) is 0 Å². The van der Waals surface area contributed by atoms with Gasteiger partial charge in [-0.25, -0.2) is 0 Å². The molecule has 0 aliphatic heterocycles. The molecule has 0 aliphatic rings. The highest BCUT2D eigenvalue weighted by atomic mass is 79.9. The van der Waals surface area contributed by atoms with E-state index >= 15 is 0 Å². The number of halogens is 1. The van der Waals surface area contributed by atoms with Gasteiger partial charge >= 0.3 is 0 Å². The van der Waals surface area contributed by atoms with Gasteiger partial charge < -0.3 is 9.47 Å². The van der Waals surface area contributed by atoms with Gasteiger partial charge in [0.1, 0.15) is 0 Å². The third-order valence-electron chi connectivity index (χ3n) is 1.91. The molecule has 2 nitrogen and oxygen atoms in total. The first-order chi connectivity index (χ1) is 6.11. The minimum Gasteiger partial charge on any atom is -0.351 e. The zero-order valence-corrected chi connectivity index (χ0v) is 10.6. The van der Waals surface area contributed by atoms with E-state index in [0.29, 0.717) is 0 Å². The molecule has 0 atom stereocenters. The van der Waals surface area contributed by atoms with Crippen molar-refractivity contribution in [2.45, 2.75) is 20.1 Å². The third-order valence-corrected chi connectivity index (χ3v) is 4.59. The lowest BCUT2D eigenvalue weighted by atomic mass is 10.2. The monoisotopic (exact) mass is 264 g/mol. The Morgan fingerprint density at radius 1 is 1.23 bits per heavy atom. The molecule has 1 aromatic rings. The van der Waals surface area contributed by atoms with Gasteiger partial charge in [0.25, 0.3) is 0 Å². The number of aryl methyl sites for hydroxylation is 1. The minimum absolute atomic E-state index is 0.241. The number of rotatable bonds is 3. The van der Waals surface area contributed by atoms with Crippen molar-refractivity contribution in [2.24, 2.45) is 0 Å². The Hall–Kier alpha value is 0.100. The van der Waals surface area contributed by atoms with Crippen LogP contribution < -0.4 is 0 Å². The first-order valence-corrected chi connectivity index (χ1v) is 5.53. The van der Waals surface area contributed by atoms with E-state index in [1.807, 2.05) is 0 Å². The van der Waals surface area contributed by atoms with Crippen LogP contribution in [0, 0.1) is 13.8 Å². The molecule has 1 aromatic heterocycles. The molecular formula is C9H13BrO2S. The molecule has 0 bridgehead atoms. The van der Waals surface area contributed by atoms with Gasteiger partial charge in [-0.2, -0.15) is 0 Å². The lowest BCUT2D eigenvalue weighted by Crippen LogP contribution is -2.02. The van der Waals surface area contributed by atoms with Crippen LogP contribution in [0.1, 0.15) is 21.6 Å². The molecule has 0 aromatic carbocycles. The maximum absolute atomic E-state index is 5.20. The highest BCUT2D eigenvalue weighted by molar-refractivity contribution is 9.10. The minimum atomic E-state index is -0.241. The van der Waals surface area contributed by atoms with E-state index in [-0.39, 0.29) is 6.29 Å². The average Bonchev–Trinajstić information content (AvgIpc) is 2.36. The molecule has 0 unspecified atom stereocenters. The van der Waals surface area contributed by atoms with Crippen molar-refractivity contribution in [2.75, 3.05) is 14.2 Å². The average molecular weight is 265 g/mol. The van der Waals surface area contributed by atoms with E-state index in [1.165, 1.54) is 10.4 Å². The van der Waals surface area contributed by atoms with Crippen LogP contribution in [-0.2, 0) is 9.47 Å². The number of thiophene rings is 1. The molecule has 0 spiro atoms. The SMILES string of the molecule is COC(OC)c1sc(C)c(Br)c1C. The van der Waals surface area contributed by atoms with Crippen LogP contribution in [0.5, 0.6) is 0 Å². The summed E-state index contributed by atoms with van der Waals surface area (Å²) in [5.41, 5.74) is 1.20. The first kappa shape index (κ1) is 11.2. The smallest absolute Gasteiger partial charge is 0.192 e. The third kappa shape index (κ3) is 2.13. The fourth-order valence-electron chi connectivity index (χ4n) is 1.19. The van der Waals surface area contributed by atoms with Gasteiger partial charge in [-0.05, 0) is 35.3 Å². The lowest BCUT2D eigenvalue weighted by molar-refractivity contribution is -0.103. The molecule has 4 heteroatoms. The summed E-state index contributed by atoms with van der Waals surface area (Å²) in [6.07, 6.45) is -0.241. The Kier molecular flexibility index (Phi) is 3.91. The molecule has 0 N–H and O–H groups in total. The van der Waals surface area contributed by atoms with Crippen LogP contribution in [0.3, 0.4) is 0 Å². The number of hydrogen-bond acceptors (Lipinski definition) is 3. The molecule has 0 saturated heterocycles. The summed E-state index contributed by atoms with van der Waals surface area (Å²) < 4.78 is 11.6. The maximum Gasteiger partial charge on any atom is 0.192 e. The highest BCUT2D eigenvalue weighted by Crippen LogP contribution is 2.36. The first-order valence-electron chi connectivity index (χ1n) is 3.92. The second-order valence-corrected chi connectivity index (χ2v) is 4.81. The molecule has 74 valence electrons. The van der Waals surface area contributed by atoms with Crippen molar-refractivity contribution in [3.8, 4) is 0 Å². The van der Waals surface area contributed by atoms with Gasteiger partial charge in [-0.15, -0.1) is 11.3 Å². The Morgan fingerprint density at radius 2 is 1.77 bits per heavy atom. The number of hydrogen-bond donors (Lipinski definition) is 0. The van der Waals surface area contributed by atoms with Crippen molar-refractivity contribution >= 4 is 27.3 Å². The van der Waals surface area contributed by atoms with Crippen molar-refractivity contribution in [1.82, 2.24) is 0 Å². The summed E-state index contributed by atoms with van der Waals surface area (Å²) in [4.78, 5) is 2.39. The van der Waals surface area contributed by atoms with E-state index in [1.54, 1.807) is 25.6 Å². The summed E-state index contributed by atoms with van der Waals surface area (Å²) in [5.74, 6) is 0. The maximum atomic E-state index is 5.20. The van der Waals surface area contributed by atoms with Gasteiger partial charge in [0.05, 0.1) is 4.88 Å². The van der Waals surface area contributed by atoms with Crippen LogP contribution in [-0.4, -0.2) is 14.2 Å². The topological polar surface area (TPSA) is 18.5 Å². The fraction of sp³-hybridized carbons (Fsp3) is 0.556. The normalized spacial score (nSPS) is 11.2. The molecule has 1 heterocycles. The van der Waals surface area contributed by atoms with Crippen LogP contribution in [0.2, 0.25) is 0 Å². The molecule has 1 rings (SSSR count). The van der Waals surface area contributed by atoms with E-state index in [4.69, 9.17) is 9.47 Å². The summed E-state index contributed by atoms with van der Waals surface area (Å²) in [6.45, 7) is 4.14. The highest BCUT2D eigenvalue weighted by Gasteiger charge is 2.18. The predicted molar refractivity (Wildman–Crippen MR) is 58.3 cm³/mol. The second-order valence-electron chi connectivity index (χ2n) is 2.76.